The molecule has 576 valence electrons. The fourth-order valence-electron chi connectivity index (χ4n) is 10.9. The van der Waals surface area contributed by atoms with Crippen molar-refractivity contribution < 1.29 is 107 Å². The molecule has 0 aliphatic carbocycles. The summed E-state index contributed by atoms with van der Waals surface area (Å²) in [6.07, 6.45) is -3.51. The van der Waals surface area contributed by atoms with E-state index in [-0.39, 0.29) is 75.0 Å². The Morgan fingerprint density at radius 3 is 1.54 bits per heavy atom. The molecule has 0 aliphatic heterocycles. The zero-order chi connectivity index (χ0) is 79.6. The number of nitrogens with one attached hydrogen (secondary N) is 11. The van der Waals surface area contributed by atoms with Gasteiger partial charge in [-0.3, -0.25) is 57.5 Å². The predicted molar refractivity (Wildman–Crippen MR) is 377 cm³/mol. The minimum Gasteiger partial charge on any atom is -0.493 e. The van der Waals surface area contributed by atoms with E-state index in [2.05, 4.69) is 52.8 Å². The van der Waals surface area contributed by atoms with E-state index in [9.17, 15) is 107 Å². The molecular weight excluding hydrogens is 1420 g/mol. The van der Waals surface area contributed by atoms with Crippen LogP contribution in [0, 0.1) is 28.5 Å². The lowest BCUT2D eigenvalue weighted by Gasteiger charge is -2.29. The average Bonchev–Trinajstić information content (AvgIpc) is 1.59. The highest BCUT2D eigenvalue weighted by Gasteiger charge is 2.35. The first-order valence-corrected chi connectivity index (χ1v) is 34.1. The molecule has 1 heterocycles. The van der Waals surface area contributed by atoms with Crippen LogP contribution in [0.3, 0.4) is 0 Å². The van der Waals surface area contributed by atoms with Gasteiger partial charge < -0.3 is 93.3 Å². The van der Waals surface area contributed by atoms with Gasteiger partial charge in [0.05, 0.1) is 36.4 Å². The summed E-state index contributed by atoms with van der Waals surface area (Å²) in [6.45, 7) is 1.73. The van der Waals surface area contributed by atoms with E-state index in [1.165, 1.54) is 51.2 Å². The first-order valence-electron chi connectivity index (χ1n) is 34.1. The number of fused-ring (bicyclic) bond motifs is 1. The number of urea groups is 1. The van der Waals surface area contributed by atoms with Gasteiger partial charge in [0, 0.05) is 75.6 Å². The molecule has 0 fully saturated rings. The molecule has 0 bridgehead atoms. The Bertz CT molecular complexity index is 4120. The van der Waals surface area contributed by atoms with E-state index in [1.807, 2.05) is 17.5 Å². The van der Waals surface area contributed by atoms with Gasteiger partial charge in [0.25, 0.3) is 0 Å². The van der Waals surface area contributed by atoms with Gasteiger partial charge in [-0.1, -0.05) is 60.7 Å². The van der Waals surface area contributed by atoms with Crippen LogP contribution >= 0.6 is 0 Å². The number of nitrogens with zero attached hydrogens (tertiary/aromatic N) is 3. The molecule has 5 rings (SSSR count). The highest BCUT2D eigenvalue weighted by Crippen LogP contribution is 2.22. The van der Waals surface area contributed by atoms with Gasteiger partial charge in [-0.15, -0.1) is 0 Å². The first-order chi connectivity index (χ1) is 51.3. The lowest BCUT2D eigenvalue weighted by molar-refractivity contribution is -0.143. The third-order valence-corrected chi connectivity index (χ3v) is 16.5. The fourth-order valence-corrected chi connectivity index (χ4v) is 10.9. The van der Waals surface area contributed by atoms with Gasteiger partial charge in [-0.25, -0.2) is 18.8 Å². The van der Waals surface area contributed by atoms with Crippen molar-refractivity contribution in [1.82, 2.24) is 63.1 Å². The Morgan fingerprint density at radius 1 is 0.509 bits per heavy atom. The van der Waals surface area contributed by atoms with E-state index in [0.717, 1.165) is 17.0 Å². The molecule has 9 atom stereocenters. The monoisotopic (exact) mass is 1500 g/mol. The summed E-state index contributed by atoms with van der Waals surface area (Å²) in [7, 11) is 0. The van der Waals surface area contributed by atoms with Gasteiger partial charge >= 0.3 is 35.9 Å². The number of H-pyrrole nitrogens is 1. The molecule has 36 heteroatoms. The van der Waals surface area contributed by atoms with Crippen LogP contribution in [0.4, 0.5) is 9.18 Å². The number of carbonyl (C=O) groups is 15. The van der Waals surface area contributed by atoms with Crippen molar-refractivity contribution in [3.63, 3.8) is 0 Å². The number of amides is 11. The van der Waals surface area contributed by atoms with Crippen LogP contribution in [0.1, 0.15) is 113 Å². The maximum atomic E-state index is 15.0. The number of benzene rings is 4. The number of carboxylic acid groups (broad SMARTS) is 5. The zero-order valence-electron chi connectivity index (χ0n) is 59.0. The van der Waals surface area contributed by atoms with Crippen molar-refractivity contribution in [2.75, 3.05) is 26.2 Å². The quantitative estimate of drug-likeness (QED) is 0.0241. The number of halogens is 1. The Hall–Kier alpha value is -13.0. The molecule has 0 radical (unpaired) electrons. The molecule has 108 heavy (non-hydrogen) atoms. The molecule has 5 aromatic rings. The third kappa shape index (κ3) is 29.6. The number of hydrogen-bond donors (Lipinski definition) is 16. The molecule has 11 amide bonds. The lowest BCUT2D eigenvalue weighted by Crippen LogP contribution is -2.59. The summed E-state index contributed by atoms with van der Waals surface area (Å²) >= 11 is 0. The number of rotatable bonds is 45. The second kappa shape index (κ2) is 43.3. The normalized spacial score (nSPS) is 13.3. The smallest absolute Gasteiger partial charge is 0.326 e. The Balaban J connectivity index is 1.36. The highest BCUT2D eigenvalue weighted by molar-refractivity contribution is 5.98. The predicted octanol–water partition coefficient (Wildman–Crippen LogP) is 0.916. The maximum Gasteiger partial charge on any atom is 0.326 e. The summed E-state index contributed by atoms with van der Waals surface area (Å²) in [5.74, 6) is -16.5. The summed E-state index contributed by atoms with van der Waals surface area (Å²) < 4.78 is 20.5. The van der Waals surface area contributed by atoms with Crippen molar-refractivity contribution in [3.8, 4) is 17.9 Å². The van der Waals surface area contributed by atoms with Gasteiger partial charge in [0.2, 0.25) is 53.2 Å². The molecule has 0 saturated carbocycles. The summed E-state index contributed by atoms with van der Waals surface area (Å²) in [4.78, 5) is 201. The third-order valence-electron chi connectivity index (χ3n) is 16.5. The van der Waals surface area contributed by atoms with Crippen molar-refractivity contribution >= 4 is 99.9 Å². The molecule has 0 spiro atoms. The molecule has 0 saturated heterocycles. The van der Waals surface area contributed by atoms with Crippen molar-refractivity contribution in [3.05, 3.63) is 137 Å². The second-order valence-corrected chi connectivity index (χ2v) is 25.0. The molecule has 16 N–H and O–H groups in total. The van der Waals surface area contributed by atoms with Crippen LogP contribution in [-0.2, 0) is 86.4 Å². The highest BCUT2D eigenvalue weighted by atomic mass is 19.1. The number of aromatic amines is 1. The SMILES string of the molecule is CC(=O)N[C@@H](Cc1ccccc1)C(=O)N[C@@H](Cc1ccccc1)C(=O)N[C@@H](C)C(=O)N[C@@H](C)C(=O)N[C@@H](CCC(=O)O)C(=O)N[C@@H](CCC(=O)O)C(=O)N(CCCOc1cc(C#N)cc(C#N)c1)CC(=O)N[C@@H](Cc1c[nH]c2ccc(F)cc12)C(=O)NCCCC[C@H](NC(=O)N[C@@H](CCC(=O)O)C(=O)O)C(=O)O. The van der Waals surface area contributed by atoms with Crippen LogP contribution in [0.5, 0.6) is 5.75 Å². The van der Waals surface area contributed by atoms with E-state index in [4.69, 9.17) is 9.84 Å². The van der Waals surface area contributed by atoms with Crippen molar-refractivity contribution in [2.45, 2.75) is 159 Å². The topological polar surface area (TPSA) is 553 Å². The summed E-state index contributed by atoms with van der Waals surface area (Å²) in [5.41, 5.74) is 2.12. The number of hydrogen-bond acceptors (Lipinski definition) is 18. The Morgan fingerprint density at radius 2 is 0.991 bits per heavy atom. The largest absolute Gasteiger partial charge is 0.493 e. The minimum absolute atomic E-state index is 0.00291. The first kappa shape index (κ1) is 85.6. The number of aromatic nitrogens is 1. The van der Waals surface area contributed by atoms with Crippen LogP contribution in [0.15, 0.2) is 103 Å². The number of unbranched alkanes of at least 4 members (excludes halogenated alkanes) is 1. The van der Waals surface area contributed by atoms with Crippen LogP contribution in [-0.4, -0.2) is 205 Å². The van der Waals surface area contributed by atoms with E-state index in [0.29, 0.717) is 27.6 Å². The van der Waals surface area contributed by atoms with Gasteiger partial charge in [-0.2, -0.15) is 10.5 Å². The molecule has 35 nitrogen and oxygen atoms in total. The number of nitriles is 2. The van der Waals surface area contributed by atoms with E-state index < -0.39 is 201 Å². The number of carboxylic acids is 5. The Kier molecular flexibility index (Phi) is 34.3. The van der Waals surface area contributed by atoms with Crippen LogP contribution in [0.25, 0.3) is 10.9 Å². The maximum absolute atomic E-state index is 15.0. The number of aliphatic carboxylic acids is 5. The van der Waals surface area contributed by atoms with Crippen molar-refractivity contribution in [2.24, 2.45) is 0 Å². The van der Waals surface area contributed by atoms with E-state index >= 15 is 0 Å². The average molecular weight is 1500 g/mol. The molecular formula is C72H85FN14O21. The minimum atomic E-state index is -1.90. The molecule has 0 unspecified atom stereocenters. The number of carbonyl (C=O) groups excluding carboxylic acids is 10. The molecule has 1 aromatic heterocycles. The second-order valence-electron chi connectivity index (χ2n) is 25.0. The lowest BCUT2D eigenvalue weighted by atomic mass is 10.0. The Labute approximate surface area is 617 Å². The van der Waals surface area contributed by atoms with E-state index in [1.54, 1.807) is 60.7 Å². The van der Waals surface area contributed by atoms with Crippen molar-refractivity contribution in [1.29, 1.82) is 10.5 Å². The number of ether oxygens (including phenoxy) is 1. The zero-order valence-corrected chi connectivity index (χ0v) is 59.0. The standard InChI is InChI=1S/C72H85FN14O21/c1-40(79-67(100)57(33-44-15-8-5-9-16-44)84-68(101)56(80-42(3)88)32-43-13-6-4-7-14-43)63(96)78-41(2)64(97)82-52(20-23-60(90)91)66(99)83-53(21-24-61(92)93)69(102)87(27-12-28-108-49-30-45(36-74)29-46(31-49)37-75)39-59(89)81-58(34-47-38-77-51-19-18-48(73)35-50(47)51)65(98)76-26-11-10-17-54(70(103)104)85-72(107)86-55(71(105)106)22-25-62(94)95/h4-9,13-16,18-19,29-31,35,38,40-41,52-58,77H,10-12,17,20-28,32-34,39H2,1-3H3,(H,76,98)(H,78,96)(H,79,100)(H,80,88)(H,81,89)(H,82,97)(H,83,99)(H,84,101)(H,90,91)(H,92,93)(H,94,95)(H,103,104)(H,105,106)(H2,85,86,107)/t40-,41-,52-,53-,54-,55-,56-,57-,58-/m0/s1. The van der Waals surface area contributed by atoms with Crippen LogP contribution in [0.2, 0.25) is 0 Å². The summed E-state index contributed by atoms with van der Waals surface area (Å²) in [5, 5.41) is 91.5. The fraction of sp³-hybridized carbons (Fsp3) is 0.403. The van der Waals surface area contributed by atoms with Gasteiger partial charge in [0.1, 0.15) is 65.9 Å². The van der Waals surface area contributed by atoms with Gasteiger partial charge in [-0.05, 0) is 112 Å². The molecule has 0 aliphatic rings. The molecule has 4 aromatic carbocycles. The van der Waals surface area contributed by atoms with Crippen LogP contribution < -0.4 is 57.9 Å². The van der Waals surface area contributed by atoms with Gasteiger partial charge in [0.15, 0.2) is 0 Å². The summed E-state index contributed by atoms with van der Waals surface area (Å²) in [6, 6.07) is 13.4.